The summed E-state index contributed by atoms with van der Waals surface area (Å²) in [6, 6.07) is 4.55. The van der Waals surface area contributed by atoms with Gasteiger partial charge in [0.25, 0.3) is 0 Å². The van der Waals surface area contributed by atoms with E-state index in [4.69, 9.17) is 0 Å². The fraction of sp³-hybridized carbons (Fsp3) is 0.600. The number of halogens is 2. The number of hydrogen-bond acceptors (Lipinski definition) is 1. The summed E-state index contributed by atoms with van der Waals surface area (Å²) >= 11 is 0. The van der Waals surface area contributed by atoms with Crippen LogP contribution in [0.4, 0.5) is 8.78 Å². The van der Waals surface area contributed by atoms with Gasteiger partial charge >= 0.3 is 0 Å². The van der Waals surface area contributed by atoms with E-state index < -0.39 is 11.6 Å². The molecule has 3 heteroatoms. The van der Waals surface area contributed by atoms with Gasteiger partial charge in [-0.15, -0.1) is 0 Å². The lowest BCUT2D eigenvalue weighted by Crippen LogP contribution is -2.31. The SMILES string of the molecule is CCCCC(Cc1ccc(F)c(F)c1)NCCC. The minimum absolute atomic E-state index is 0.356. The maximum atomic E-state index is 13.1. The molecule has 1 nitrogen and oxygen atoms in total. The first kappa shape index (κ1) is 15.1. The Morgan fingerprint density at radius 3 is 2.50 bits per heavy atom. The highest BCUT2D eigenvalue weighted by molar-refractivity contribution is 5.18. The van der Waals surface area contributed by atoms with Gasteiger partial charge in [0.2, 0.25) is 0 Å². The Morgan fingerprint density at radius 2 is 1.89 bits per heavy atom. The van der Waals surface area contributed by atoms with Crippen LogP contribution in [0.3, 0.4) is 0 Å². The zero-order valence-electron chi connectivity index (χ0n) is 11.3. The molecule has 0 aliphatic heterocycles. The second-order valence-electron chi connectivity index (χ2n) is 4.75. The topological polar surface area (TPSA) is 12.0 Å². The molecule has 0 saturated heterocycles. The molecular formula is C15H23F2N. The van der Waals surface area contributed by atoms with E-state index in [2.05, 4.69) is 19.2 Å². The molecule has 1 unspecified atom stereocenters. The molecule has 0 aliphatic carbocycles. The van der Waals surface area contributed by atoms with Crippen LogP contribution < -0.4 is 5.32 Å². The van der Waals surface area contributed by atoms with Crippen LogP contribution in [0, 0.1) is 11.6 Å². The highest BCUT2D eigenvalue weighted by Gasteiger charge is 2.10. The Balaban J connectivity index is 2.59. The zero-order chi connectivity index (χ0) is 13.4. The van der Waals surface area contributed by atoms with Crippen LogP contribution in [0.5, 0.6) is 0 Å². The zero-order valence-corrected chi connectivity index (χ0v) is 11.3. The van der Waals surface area contributed by atoms with Crippen molar-refractivity contribution in [1.82, 2.24) is 5.32 Å². The van der Waals surface area contributed by atoms with Crippen molar-refractivity contribution in [3.8, 4) is 0 Å². The van der Waals surface area contributed by atoms with Crippen LogP contribution in [0.25, 0.3) is 0 Å². The fourth-order valence-electron chi connectivity index (χ4n) is 2.03. The Morgan fingerprint density at radius 1 is 1.11 bits per heavy atom. The normalized spacial score (nSPS) is 12.7. The lowest BCUT2D eigenvalue weighted by molar-refractivity contribution is 0.458. The number of benzene rings is 1. The van der Waals surface area contributed by atoms with Crippen molar-refractivity contribution in [3.63, 3.8) is 0 Å². The van der Waals surface area contributed by atoms with Gasteiger partial charge in [-0.1, -0.05) is 32.8 Å². The van der Waals surface area contributed by atoms with Crippen molar-refractivity contribution in [3.05, 3.63) is 35.4 Å². The van der Waals surface area contributed by atoms with Crippen LogP contribution >= 0.6 is 0 Å². The van der Waals surface area contributed by atoms with Crippen molar-refractivity contribution in [2.75, 3.05) is 6.54 Å². The molecule has 0 fully saturated rings. The average Bonchev–Trinajstić information content (AvgIpc) is 2.37. The van der Waals surface area contributed by atoms with Gasteiger partial charge < -0.3 is 5.32 Å². The van der Waals surface area contributed by atoms with Gasteiger partial charge in [-0.05, 0) is 43.5 Å². The first-order chi connectivity index (χ1) is 8.67. The number of nitrogens with one attached hydrogen (secondary N) is 1. The maximum absolute atomic E-state index is 13.1. The first-order valence-electron chi connectivity index (χ1n) is 6.84. The van der Waals surface area contributed by atoms with Crippen molar-refractivity contribution >= 4 is 0 Å². The lowest BCUT2D eigenvalue weighted by atomic mass is 10.0. The van der Waals surface area contributed by atoms with Crippen LogP contribution in [0.1, 0.15) is 45.1 Å². The molecule has 0 amide bonds. The second-order valence-corrected chi connectivity index (χ2v) is 4.75. The fourth-order valence-corrected chi connectivity index (χ4v) is 2.03. The summed E-state index contributed by atoms with van der Waals surface area (Å²) in [5.41, 5.74) is 0.860. The molecule has 0 aromatic heterocycles. The minimum atomic E-state index is -0.773. The summed E-state index contributed by atoms with van der Waals surface area (Å²) in [6.07, 6.45) is 5.24. The third-order valence-corrected chi connectivity index (χ3v) is 3.06. The summed E-state index contributed by atoms with van der Waals surface area (Å²) in [5, 5.41) is 3.47. The molecule has 1 N–H and O–H groups in total. The molecular weight excluding hydrogens is 232 g/mol. The molecule has 1 aromatic rings. The molecule has 0 aliphatic rings. The predicted octanol–water partition coefficient (Wildman–Crippen LogP) is 4.07. The van der Waals surface area contributed by atoms with Crippen molar-refractivity contribution in [2.45, 2.75) is 52.0 Å². The van der Waals surface area contributed by atoms with E-state index in [-0.39, 0.29) is 0 Å². The van der Waals surface area contributed by atoms with E-state index >= 15 is 0 Å². The Hall–Kier alpha value is -0.960. The van der Waals surface area contributed by atoms with Gasteiger partial charge in [0, 0.05) is 6.04 Å². The van der Waals surface area contributed by atoms with E-state index in [1.165, 1.54) is 12.1 Å². The number of hydrogen-bond donors (Lipinski definition) is 1. The van der Waals surface area contributed by atoms with Crippen molar-refractivity contribution in [1.29, 1.82) is 0 Å². The highest BCUT2D eigenvalue weighted by atomic mass is 19.2. The van der Waals surface area contributed by atoms with E-state index in [1.54, 1.807) is 6.07 Å². The number of unbranched alkanes of at least 4 members (excludes halogenated alkanes) is 1. The molecule has 0 saturated carbocycles. The lowest BCUT2D eigenvalue weighted by Gasteiger charge is -2.18. The van der Waals surface area contributed by atoms with Gasteiger partial charge in [-0.3, -0.25) is 0 Å². The largest absolute Gasteiger partial charge is 0.314 e. The van der Waals surface area contributed by atoms with Crippen LogP contribution in [-0.2, 0) is 6.42 Å². The smallest absolute Gasteiger partial charge is 0.159 e. The van der Waals surface area contributed by atoms with Crippen LogP contribution in [0.15, 0.2) is 18.2 Å². The molecule has 0 bridgehead atoms. The van der Waals surface area contributed by atoms with Gasteiger partial charge in [0.15, 0.2) is 11.6 Å². The minimum Gasteiger partial charge on any atom is -0.314 e. The molecule has 1 atom stereocenters. The molecule has 0 radical (unpaired) electrons. The average molecular weight is 255 g/mol. The first-order valence-corrected chi connectivity index (χ1v) is 6.84. The third-order valence-electron chi connectivity index (χ3n) is 3.06. The van der Waals surface area contributed by atoms with Gasteiger partial charge in [-0.25, -0.2) is 8.78 Å². The van der Waals surface area contributed by atoms with Gasteiger partial charge in [0.1, 0.15) is 0 Å². The summed E-state index contributed by atoms with van der Waals surface area (Å²) in [5.74, 6) is -1.53. The van der Waals surface area contributed by atoms with Crippen molar-refractivity contribution in [2.24, 2.45) is 0 Å². The van der Waals surface area contributed by atoms with E-state index in [9.17, 15) is 8.78 Å². The predicted molar refractivity (Wildman–Crippen MR) is 71.7 cm³/mol. The molecule has 102 valence electrons. The highest BCUT2D eigenvalue weighted by Crippen LogP contribution is 2.13. The Labute approximate surface area is 109 Å². The van der Waals surface area contributed by atoms with Crippen LogP contribution in [0.2, 0.25) is 0 Å². The number of rotatable bonds is 8. The molecule has 0 spiro atoms. The standard InChI is InChI=1S/C15H23F2N/c1-3-5-6-13(18-9-4-2)10-12-7-8-14(16)15(17)11-12/h7-8,11,13,18H,3-6,9-10H2,1-2H3. The molecule has 0 heterocycles. The summed E-state index contributed by atoms with van der Waals surface area (Å²) in [6.45, 7) is 5.26. The molecule has 1 aromatic carbocycles. The van der Waals surface area contributed by atoms with Gasteiger partial charge in [-0.2, -0.15) is 0 Å². The molecule has 18 heavy (non-hydrogen) atoms. The Bertz CT molecular complexity index is 344. The second kappa shape index (κ2) is 8.20. The summed E-state index contributed by atoms with van der Waals surface area (Å²) in [4.78, 5) is 0. The summed E-state index contributed by atoms with van der Waals surface area (Å²) < 4.78 is 26.0. The molecule has 1 rings (SSSR count). The Kier molecular flexibility index (Phi) is 6.88. The third kappa shape index (κ3) is 5.13. The quantitative estimate of drug-likeness (QED) is 0.738. The van der Waals surface area contributed by atoms with Crippen LogP contribution in [-0.4, -0.2) is 12.6 Å². The maximum Gasteiger partial charge on any atom is 0.159 e. The van der Waals surface area contributed by atoms with Crippen molar-refractivity contribution < 1.29 is 8.78 Å². The van der Waals surface area contributed by atoms with Gasteiger partial charge in [0.05, 0.1) is 0 Å². The van der Waals surface area contributed by atoms with E-state index in [0.29, 0.717) is 6.04 Å². The van der Waals surface area contributed by atoms with E-state index in [1.807, 2.05) is 0 Å². The summed E-state index contributed by atoms with van der Waals surface area (Å²) in [7, 11) is 0. The van der Waals surface area contributed by atoms with E-state index in [0.717, 1.165) is 44.2 Å². The monoisotopic (exact) mass is 255 g/mol.